The Hall–Kier alpha value is -2.10. The number of benzene rings is 2. The van der Waals surface area contributed by atoms with Crippen LogP contribution in [0.2, 0.25) is 0 Å². The van der Waals surface area contributed by atoms with E-state index in [1.807, 2.05) is 36.4 Å². The van der Waals surface area contributed by atoms with Crippen molar-refractivity contribution in [2.24, 2.45) is 0 Å². The Bertz CT molecular complexity index is 546. The van der Waals surface area contributed by atoms with Gasteiger partial charge in [-0.25, -0.2) is 0 Å². The zero-order valence-corrected chi connectivity index (χ0v) is 12.1. The fourth-order valence-electron chi connectivity index (χ4n) is 1.97. The second-order valence-electron chi connectivity index (χ2n) is 4.82. The van der Waals surface area contributed by atoms with Crippen LogP contribution in [0.25, 0.3) is 0 Å². The highest BCUT2D eigenvalue weighted by molar-refractivity contribution is 5.27. The molecule has 0 spiro atoms. The third-order valence-corrected chi connectivity index (χ3v) is 3.15. The summed E-state index contributed by atoms with van der Waals surface area (Å²) in [6.45, 7) is 5.86. The zero-order valence-electron chi connectivity index (χ0n) is 12.1. The van der Waals surface area contributed by atoms with Gasteiger partial charge in [0.25, 0.3) is 0 Å². The van der Waals surface area contributed by atoms with Crippen molar-refractivity contribution in [2.75, 3.05) is 6.61 Å². The van der Waals surface area contributed by atoms with Crippen LogP contribution in [0.5, 0.6) is 5.75 Å². The first kappa shape index (κ1) is 15.3. The molecule has 21 heavy (non-hydrogen) atoms. The largest absolute Gasteiger partial charge is 0.490 e. The molecular weight excluding hydrogens is 262 g/mol. The molecule has 3 nitrogen and oxygen atoms in total. The Kier molecular flexibility index (Phi) is 6.00. The van der Waals surface area contributed by atoms with Gasteiger partial charge in [0.2, 0.25) is 0 Å². The van der Waals surface area contributed by atoms with E-state index in [9.17, 15) is 0 Å². The minimum absolute atomic E-state index is 0.0913. The summed E-state index contributed by atoms with van der Waals surface area (Å²) in [5, 5.41) is 12.4. The summed E-state index contributed by atoms with van der Waals surface area (Å²) in [5.41, 5.74) is 3.36. The van der Waals surface area contributed by atoms with Crippen LogP contribution in [0.1, 0.15) is 16.7 Å². The molecule has 2 N–H and O–H groups in total. The number of aliphatic hydroxyl groups excluding tert-OH is 1. The lowest BCUT2D eigenvalue weighted by Gasteiger charge is -2.07. The minimum Gasteiger partial charge on any atom is -0.490 e. The van der Waals surface area contributed by atoms with Gasteiger partial charge in [0.15, 0.2) is 0 Å². The van der Waals surface area contributed by atoms with Gasteiger partial charge in [-0.1, -0.05) is 49.1 Å². The lowest BCUT2D eigenvalue weighted by atomic mass is 10.1. The highest BCUT2D eigenvalue weighted by Gasteiger charge is 1.97. The van der Waals surface area contributed by atoms with Gasteiger partial charge in [-0.2, -0.15) is 0 Å². The second kappa shape index (κ2) is 8.25. The summed E-state index contributed by atoms with van der Waals surface area (Å²) in [6, 6.07) is 16.0. The topological polar surface area (TPSA) is 41.5 Å². The van der Waals surface area contributed by atoms with Gasteiger partial charge in [0, 0.05) is 13.1 Å². The molecule has 2 rings (SSSR count). The summed E-state index contributed by atoms with van der Waals surface area (Å²) in [5.74, 6) is 0.859. The normalized spacial score (nSPS) is 10.3. The van der Waals surface area contributed by atoms with Gasteiger partial charge in [-0.3, -0.25) is 0 Å². The van der Waals surface area contributed by atoms with Gasteiger partial charge in [-0.15, -0.1) is 0 Å². The van der Waals surface area contributed by atoms with Gasteiger partial charge in [-0.05, 0) is 28.8 Å². The molecule has 0 bridgehead atoms. The summed E-state index contributed by atoms with van der Waals surface area (Å²) >= 11 is 0. The van der Waals surface area contributed by atoms with Crippen LogP contribution in [0.3, 0.4) is 0 Å². The lowest BCUT2D eigenvalue weighted by molar-refractivity contribution is 0.282. The summed E-state index contributed by atoms with van der Waals surface area (Å²) in [4.78, 5) is 0. The average molecular weight is 283 g/mol. The van der Waals surface area contributed by atoms with Gasteiger partial charge < -0.3 is 15.2 Å². The Labute approximate surface area is 125 Å². The molecule has 0 heterocycles. The van der Waals surface area contributed by atoms with Crippen molar-refractivity contribution >= 4 is 0 Å². The summed E-state index contributed by atoms with van der Waals surface area (Å²) in [7, 11) is 0. The number of hydrogen-bond donors (Lipinski definition) is 2. The fourth-order valence-corrected chi connectivity index (χ4v) is 1.97. The molecule has 0 amide bonds. The van der Waals surface area contributed by atoms with E-state index < -0.39 is 0 Å². The van der Waals surface area contributed by atoms with Gasteiger partial charge >= 0.3 is 0 Å². The zero-order chi connectivity index (χ0) is 14.9. The van der Waals surface area contributed by atoms with Gasteiger partial charge in [0.05, 0.1) is 6.61 Å². The Morgan fingerprint density at radius 3 is 1.95 bits per heavy atom. The second-order valence-corrected chi connectivity index (χ2v) is 4.82. The van der Waals surface area contributed by atoms with Crippen LogP contribution in [-0.2, 0) is 19.7 Å². The quantitative estimate of drug-likeness (QED) is 0.732. The van der Waals surface area contributed by atoms with E-state index in [0.717, 1.165) is 24.4 Å². The van der Waals surface area contributed by atoms with Crippen LogP contribution in [0.4, 0.5) is 0 Å². The molecule has 0 atom stereocenters. The molecule has 0 aliphatic heterocycles. The molecule has 0 aliphatic carbocycles. The summed E-state index contributed by atoms with van der Waals surface area (Å²) in [6.07, 6.45) is 1.73. The molecule has 2 aromatic carbocycles. The molecular formula is C18H21NO2. The molecule has 3 heteroatoms. The maximum atomic E-state index is 9.00. The lowest BCUT2D eigenvalue weighted by Crippen LogP contribution is -2.12. The summed E-state index contributed by atoms with van der Waals surface area (Å²) < 4.78 is 5.45. The average Bonchev–Trinajstić information content (AvgIpc) is 2.55. The number of rotatable bonds is 8. The minimum atomic E-state index is 0.0913. The van der Waals surface area contributed by atoms with E-state index >= 15 is 0 Å². The van der Waals surface area contributed by atoms with Crippen LogP contribution in [-0.4, -0.2) is 11.7 Å². The first-order chi connectivity index (χ1) is 10.3. The molecule has 0 saturated heterocycles. The maximum Gasteiger partial charge on any atom is 0.119 e. The van der Waals surface area contributed by atoms with Crippen molar-refractivity contribution < 1.29 is 9.84 Å². The van der Waals surface area contributed by atoms with Crippen LogP contribution < -0.4 is 10.1 Å². The van der Waals surface area contributed by atoms with Crippen molar-refractivity contribution in [3.63, 3.8) is 0 Å². The molecule has 0 aliphatic rings. The number of nitrogens with one attached hydrogen (secondary N) is 1. The van der Waals surface area contributed by atoms with Crippen molar-refractivity contribution in [3.05, 3.63) is 77.9 Å². The molecule has 110 valence electrons. The van der Waals surface area contributed by atoms with E-state index in [1.165, 1.54) is 11.1 Å². The SMILES string of the molecule is C=CCOc1ccc(CNCc2ccc(CO)cc2)cc1. The predicted octanol–water partition coefficient (Wildman–Crippen LogP) is 3.03. The third kappa shape index (κ3) is 5.06. The van der Waals surface area contributed by atoms with Gasteiger partial charge in [0.1, 0.15) is 12.4 Å². The van der Waals surface area contributed by atoms with Crippen LogP contribution in [0.15, 0.2) is 61.2 Å². The Balaban J connectivity index is 1.78. The third-order valence-electron chi connectivity index (χ3n) is 3.15. The molecule has 0 radical (unpaired) electrons. The monoisotopic (exact) mass is 283 g/mol. The van der Waals surface area contributed by atoms with E-state index in [-0.39, 0.29) is 6.61 Å². The number of aliphatic hydroxyl groups is 1. The van der Waals surface area contributed by atoms with Crippen molar-refractivity contribution in [2.45, 2.75) is 19.7 Å². The fraction of sp³-hybridized carbons (Fsp3) is 0.222. The Morgan fingerprint density at radius 2 is 1.43 bits per heavy atom. The number of hydrogen-bond acceptors (Lipinski definition) is 3. The predicted molar refractivity (Wildman–Crippen MR) is 85.0 cm³/mol. The first-order valence-electron chi connectivity index (χ1n) is 7.04. The van der Waals surface area contributed by atoms with E-state index in [0.29, 0.717) is 6.61 Å². The molecule has 2 aromatic rings. The Morgan fingerprint density at radius 1 is 0.905 bits per heavy atom. The molecule has 0 aromatic heterocycles. The van der Waals surface area contributed by atoms with E-state index in [4.69, 9.17) is 9.84 Å². The molecule has 0 fully saturated rings. The van der Waals surface area contributed by atoms with Crippen molar-refractivity contribution in [1.29, 1.82) is 0 Å². The maximum absolute atomic E-state index is 9.00. The van der Waals surface area contributed by atoms with E-state index in [1.54, 1.807) is 6.08 Å². The van der Waals surface area contributed by atoms with Crippen molar-refractivity contribution in [3.8, 4) is 5.75 Å². The highest BCUT2D eigenvalue weighted by atomic mass is 16.5. The standard InChI is InChI=1S/C18H21NO2/c1-2-11-21-18-9-7-16(8-10-18)13-19-12-15-3-5-17(14-20)6-4-15/h2-10,19-20H,1,11-14H2. The highest BCUT2D eigenvalue weighted by Crippen LogP contribution is 2.12. The van der Waals surface area contributed by atoms with Crippen LogP contribution >= 0.6 is 0 Å². The van der Waals surface area contributed by atoms with Crippen molar-refractivity contribution in [1.82, 2.24) is 5.32 Å². The first-order valence-corrected chi connectivity index (χ1v) is 7.04. The smallest absolute Gasteiger partial charge is 0.119 e. The number of ether oxygens (including phenoxy) is 1. The molecule has 0 unspecified atom stereocenters. The molecule has 0 saturated carbocycles. The van der Waals surface area contributed by atoms with Crippen LogP contribution in [0, 0.1) is 0 Å². The van der Waals surface area contributed by atoms with E-state index in [2.05, 4.69) is 24.0 Å².